The van der Waals surface area contributed by atoms with Crippen LogP contribution in [0.5, 0.6) is 0 Å². The number of rotatable bonds is 5. The molecule has 1 aliphatic heterocycles. The van der Waals surface area contributed by atoms with E-state index in [1.54, 1.807) is 23.9 Å². The molecular formula is C17H20F3IN6O2. The third kappa shape index (κ3) is 4.41. The number of fused-ring (bicyclic) bond motifs is 1. The number of anilines is 1. The Labute approximate surface area is 178 Å². The number of carbonyl (C=O) groups is 2. The van der Waals surface area contributed by atoms with Gasteiger partial charge in [0.15, 0.2) is 5.69 Å². The highest BCUT2D eigenvalue weighted by Crippen LogP contribution is 2.33. The summed E-state index contributed by atoms with van der Waals surface area (Å²) in [5, 5.41) is 9.11. The summed E-state index contributed by atoms with van der Waals surface area (Å²) < 4.78 is 42.7. The molecule has 8 nitrogen and oxygen atoms in total. The van der Waals surface area contributed by atoms with Gasteiger partial charge < -0.3 is 9.88 Å². The quantitative estimate of drug-likeness (QED) is 0.465. The lowest BCUT2D eigenvalue weighted by Crippen LogP contribution is -2.45. The molecule has 2 aromatic heterocycles. The fraction of sp³-hybridized carbons (Fsp3) is 0.529. The Morgan fingerprint density at radius 2 is 2.21 bits per heavy atom. The minimum absolute atomic E-state index is 0.106. The molecule has 2 N–H and O–H groups in total. The molecular weight excluding hydrogens is 504 g/mol. The molecule has 0 fully saturated rings. The van der Waals surface area contributed by atoms with E-state index < -0.39 is 24.0 Å². The number of H-pyrrole nitrogens is 1. The smallest absolute Gasteiger partial charge is 0.339 e. The summed E-state index contributed by atoms with van der Waals surface area (Å²) in [4.78, 5) is 29.6. The average molecular weight is 524 g/mol. The molecule has 2 atom stereocenters. The van der Waals surface area contributed by atoms with Gasteiger partial charge in [0.1, 0.15) is 6.04 Å². The maximum atomic E-state index is 13.2. The van der Waals surface area contributed by atoms with Crippen LogP contribution in [0, 0.1) is 12.8 Å². The molecule has 0 aliphatic carbocycles. The van der Waals surface area contributed by atoms with Gasteiger partial charge in [0.25, 0.3) is 11.8 Å². The van der Waals surface area contributed by atoms with Crippen LogP contribution in [0.2, 0.25) is 0 Å². The summed E-state index contributed by atoms with van der Waals surface area (Å²) in [5.41, 5.74) is 0.507. The summed E-state index contributed by atoms with van der Waals surface area (Å²) in [6.07, 6.45) is -1.19. The van der Waals surface area contributed by atoms with E-state index in [0.29, 0.717) is 24.6 Å². The normalized spacial score (nSPS) is 18.3. The number of imidazole rings is 1. The van der Waals surface area contributed by atoms with Gasteiger partial charge in [0.05, 0.1) is 28.8 Å². The lowest BCUT2D eigenvalue weighted by molar-refractivity contribution is -0.174. The number of hydrogen-bond donors (Lipinski definition) is 2. The standard InChI is InChI=1S/C17H20F3IN6O2/c1-3-10(17(18,19)20)8-11-9(2)24-25-13(11)14(28)23-12-4-6-26-7-5-22-16(26)27(21)15(12)29/h5,7,10,12H,3-4,6,8H2,1-2H3,(H,23,28)(H,24,25)/t10-,12?/m0/s1. The maximum absolute atomic E-state index is 13.2. The molecule has 0 spiro atoms. The summed E-state index contributed by atoms with van der Waals surface area (Å²) in [6, 6.07) is -0.837. The lowest BCUT2D eigenvalue weighted by Gasteiger charge is -2.20. The number of nitrogens with one attached hydrogen (secondary N) is 2. The summed E-state index contributed by atoms with van der Waals surface area (Å²) >= 11 is 1.82. The second-order valence-electron chi connectivity index (χ2n) is 6.88. The van der Waals surface area contributed by atoms with Gasteiger partial charge in [-0.25, -0.2) is 8.10 Å². The highest BCUT2D eigenvalue weighted by atomic mass is 127. The number of aromatic nitrogens is 4. The van der Waals surface area contributed by atoms with Crippen LogP contribution in [0.15, 0.2) is 12.4 Å². The summed E-state index contributed by atoms with van der Waals surface area (Å²) in [5.74, 6) is -2.16. The second kappa shape index (κ2) is 8.32. The molecule has 0 radical (unpaired) electrons. The minimum atomic E-state index is -4.37. The van der Waals surface area contributed by atoms with Gasteiger partial charge in [-0.15, -0.1) is 0 Å². The van der Waals surface area contributed by atoms with E-state index >= 15 is 0 Å². The zero-order valence-corrected chi connectivity index (χ0v) is 17.9. The van der Waals surface area contributed by atoms with Crippen LogP contribution in [0.3, 0.4) is 0 Å². The Hall–Kier alpha value is -2.12. The van der Waals surface area contributed by atoms with E-state index in [1.165, 1.54) is 10.0 Å². The number of aryl methyl sites for hydroxylation is 2. The predicted octanol–water partition coefficient (Wildman–Crippen LogP) is 2.93. The molecule has 0 saturated carbocycles. The number of amides is 2. The SMILES string of the molecule is CC[C@@H](Cc1c(C(=O)NC2CCn3ccnc3N(I)C2=O)n[nH]c1C)C(F)(F)F. The molecule has 0 aromatic carbocycles. The zero-order valence-electron chi connectivity index (χ0n) is 15.8. The predicted molar refractivity (Wildman–Crippen MR) is 106 cm³/mol. The Morgan fingerprint density at radius 3 is 2.86 bits per heavy atom. The van der Waals surface area contributed by atoms with E-state index in [4.69, 9.17) is 0 Å². The number of carbonyl (C=O) groups excluding carboxylic acids is 2. The van der Waals surface area contributed by atoms with Crippen LogP contribution >= 0.6 is 22.9 Å². The zero-order chi connectivity index (χ0) is 21.3. The topological polar surface area (TPSA) is 95.9 Å². The molecule has 2 aromatic rings. The van der Waals surface area contributed by atoms with Gasteiger partial charge in [0.2, 0.25) is 5.95 Å². The fourth-order valence-corrected chi connectivity index (χ4v) is 4.01. The number of hydrogen-bond acceptors (Lipinski definition) is 4. The Kier molecular flexibility index (Phi) is 6.19. The highest BCUT2D eigenvalue weighted by molar-refractivity contribution is 14.1. The number of nitrogens with zero attached hydrogens (tertiary/aromatic N) is 4. The Bertz CT molecular complexity index is 909. The molecule has 3 rings (SSSR count). The molecule has 0 bridgehead atoms. The first kappa shape index (κ1) is 21.6. The number of halogens is 4. The number of aromatic amines is 1. The van der Waals surface area contributed by atoms with E-state index in [1.807, 2.05) is 22.9 Å². The third-order valence-electron chi connectivity index (χ3n) is 5.02. The van der Waals surface area contributed by atoms with Gasteiger partial charge in [-0.3, -0.25) is 14.7 Å². The first-order chi connectivity index (χ1) is 13.6. The van der Waals surface area contributed by atoms with Crippen molar-refractivity contribution in [2.24, 2.45) is 5.92 Å². The van der Waals surface area contributed by atoms with Crippen molar-refractivity contribution in [3.8, 4) is 0 Å². The molecule has 29 heavy (non-hydrogen) atoms. The van der Waals surface area contributed by atoms with Crippen molar-refractivity contribution < 1.29 is 22.8 Å². The van der Waals surface area contributed by atoms with Crippen molar-refractivity contribution >= 4 is 40.6 Å². The minimum Gasteiger partial charge on any atom is -0.339 e. The molecule has 3 heterocycles. The molecule has 158 valence electrons. The molecule has 0 saturated heterocycles. The van der Waals surface area contributed by atoms with E-state index in [0.717, 1.165) is 0 Å². The number of alkyl halides is 3. The van der Waals surface area contributed by atoms with Crippen molar-refractivity contribution in [1.82, 2.24) is 25.1 Å². The van der Waals surface area contributed by atoms with Gasteiger partial charge >= 0.3 is 6.18 Å². The van der Waals surface area contributed by atoms with E-state index in [9.17, 15) is 22.8 Å². The van der Waals surface area contributed by atoms with Crippen LogP contribution in [-0.4, -0.2) is 43.8 Å². The first-order valence-corrected chi connectivity index (χ1v) is 10.0. The third-order valence-corrected chi connectivity index (χ3v) is 5.93. The largest absolute Gasteiger partial charge is 0.392 e. The summed E-state index contributed by atoms with van der Waals surface area (Å²) in [7, 11) is 0. The molecule has 12 heteroatoms. The van der Waals surface area contributed by atoms with Gasteiger partial charge in [0, 0.05) is 30.2 Å². The van der Waals surface area contributed by atoms with Crippen LogP contribution in [-0.2, 0) is 17.8 Å². The summed E-state index contributed by atoms with van der Waals surface area (Å²) in [6.45, 7) is 3.49. The van der Waals surface area contributed by atoms with Crippen LogP contribution < -0.4 is 8.43 Å². The fourth-order valence-electron chi connectivity index (χ4n) is 3.27. The van der Waals surface area contributed by atoms with Crippen LogP contribution in [0.25, 0.3) is 0 Å². The Morgan fingerprint density at radius 1 is 1.48 bits per heavy atom. The van der Waals surface area contributed by atoms with Crippen molar-refractivity contribution in [3.63, 3.8) is 0 Å². The van der Waals surface area contributed by atoms with Crippen molar-refractivity contribution in [2.75, 3.05) is 3.11 Å². The van der Waals surface area contributed by atoms with E-state index in [-0.39, 0.29) is 30.0 Å². The molecule has 1 unspecified atom stereocenters. The molecule has 1 aliphatic rings. The van der Waals surface area contributed by atoms with Crippen molar-refractivity contribution in [1.29, 1.82) is 0 Å². The van der Waals surface area contributed by atoms with Gasteiger partial charge in [-0.1, -0.05) is 6.92 Å². The van der Waals surface area contributed by atoms with Gasteiger partial charge in [-0.05, 0) is 26.2 Å². The Balaban J connectivity index is 1.78. The lowest BCUT2D eigenvalue weighted by atomic mass is 9.94. The van der Waals surface area contributed by atoms with Crippen molar-refractivity contribution in [3.05, 3.63) is 29.3 Å². The van der Waals surface area contributed by atoms with Crippen molar-refractivity contribution in [2.45, 2.75) is 51.9 Å². The maximum Gasteiger partial charge on any atom is 0.392 e. The molecule has 2 amide bonds. The first-order valence-electron chi connectivity index (χ1n) is 9.05. The van der Waals surface area contributed by atoms with Crippen LogP contribution in [0.1, 0.15) is 41.5 Å². The second-order valence-corrected chi connectivity index (χ2v) is 7.85. The highest BCUT2D eigenvalue weighted by Gasteiger charge is 2.40. The monoisotopic (exact) mass is 524 g/mol. The van der Waals surface area contributed by atoms with E-state index in [2.05, 4.69) is 20.5 Å². The van der Waals surface area contributed by atoms with Gasteiger partial charge in [-0.2, -0.15) is 18.3 Å². The van der Waals surface area contributed by atoms with Crippen LogP contribution in [0.4, 0.5) is 19.1 Å². The average Bonchev–Trinajstić information content (AvgIpc) is 3.24.